The van der Waals surface area contributed by atoms with E-state index in [0.717, 1.165) is 19.3 Å². The van der Waals surface area contributed by atoms with E-state index in [4.69, 9.17) is 5.73 Å². The SMILES string of the molecule is NC(=O)CSc1ccccc1NC(=O)c1cccc(S(=O)(=O)N2CCCCC2)c1. The number of rotatable bonds is 7. The smallest absolute Gasteiger partial charge is 0.255 e. The van der Waals surface area contributed by atoms with Crippen LogP contribution in [0.2, 0.25) is 0 Å². The number of para-hydroxylation sites is 1. The van der Waals surface area contributed by atoms with E-state index in [9.17, 15) is 18.0 Å². The van der Waals surface area contributed by atoms with Crippen molar-refractivity contribution in [2.75, 3.05) is 24.2 Å². The topological polar surface area (TPSA) is 110 Å². The van der Waals surface area contributed by atoms with Crippen molar-refractivity contribution < 1.29 is 18.0 Å². The summed E-state index contributed by atoms with van der Waals surface area (Å²) in [5, 5.41) is 2.79. The van der Waals surface area contributed by atoms with Crippen LogP contribution in [0.4, 0.5) is 5.69 Å². The maximum absolute atomic E-state index is 12.9. The molecule has 2 aromatic carbocycles. The van der Waals surface area contributed by atoms with Crippen LogP contribution in [0.25, 0.3) is 0 Å². The molecule has 1 aliphatic rings. The average Bonchev–Trinajstić information content (AvgIpc) is 2.73. The molecule has 0 saturated carbocycles. The second-order valence-electron chi connectivity index (χ2n) is 6.70. The molecule has 0 atom stereocenters. The molecule has 3 rings (SSSR count). The van der Waals surface area contributed by atoms with Gasteiger partial charge in [0.2, 0.25) is 15.9 Å². The van der Waals surface area contributed by atoms with E-state index in [1.807, 2.05) is 0 Å². The van der Waals surface area contributed by atoms with E-state index in [2.05, 4.69) is 5.32 Å². The first kappa shape index (κ1) is 21.4. The van der Waals surface area contributed by atoms with Gasteiger partial charge in [0.1, 0.15) is 0 Å². The number of amides is 2. The molecule has 29 heavy (non-hydrogen) atoms. The van der Waals surface area contributed by atoms with E-state index < -0.39 is 21.8 Å². The van der Waals surface area contributed by atoms with Gasteiger partial charge in [0, 0.05) is 23.5 Å². The Morgan fingerprint density at radius 2 is 1.76 bits per heavy atom. The molecule has 0 bridgehead atoms. The summed E-state index contributed by atoms with van der Waals surface area (Å²) in [6.07, 6.45) is 2.72. The summed E-state index contributed by atoms with van der Waals surface area (Å²) in [6.45, 7) is 1.01. The molecule has 1 fully saturated rings. The Morgan fingerprint density at radius 1 is 1.03 bits per heavy atom. The third kappa shape index (κ3) is 5.37. The van der Waals surface area contributed by atoms with Gasteiger partial charge in [-0.15, -0.1) is 11.8 Å². The summed E-state index contributed by atoms with van der Waals surface area (Å²) in [4.78, 5) is 24.6. The first-order chi connectivity index (χ1) is 13.9. The third-order valence-electron chi connectivity index (χ3n) is 4.55. The zero-order valence-corrected chi connectivity index (χ0v) is 17.5. The van der Waals surface area contributed by atoms with Gasteiger partial charge in [0.15, 0.2) is 0 Å². The fraction of sp³-hybridized carbons (Fsp3) is 0.300. The van der Waals surface area contributed by atoms with Crippen molar-refractivity contribution in [1.29, 1.82) is 0 Å². The molecule has 0 unspecified atom stereocenters. The van der Waals surface area contributed by atoms with Gasteiger partial charge in [-0.05, 0) is 43.2 Å². The number of carbonyl (C=O) groups excluding carboxylic acids is 2. The number of anilines is 1. The van der Waals surface area contributed by atoms with Gasteiger partial charge in [-0.25, -0.2) is 8.42 Å². The number of nitrogens with zero attached hydrogens (tertiary/aromatic N) is 1. The van der Waals surface area contributed by atoms with E-state index in [1.54, 1.807) is 36.4 Å². The Labute approximate surface area is 174 Å². The van der Waals surface area contributed by atoms with Crippen LogP contribution in [0, 0.1) is 0 Å². The maximum Gasteiger partial charge on any atom is 0.255 e. The predicted octanol–water partition coefficient (Wildman–Crippen LogP) is 2.69. The molecular formula is C20H23N3O4S2. The maximum atomic E-state index is 12.9. The number of nitrogens with two attached hydrogens (primary N) is 1. The molecule has 1 aliphatic heterocycles. The second kappa shape index (κ2) is 9.43. The van der Waals surface area contributed by atoms with Gasteiger partial charge in [-0.2, -0.15) is 4.31 Å². The Bertz CT molecular complexity index is 1000. The fourth-order valence-corrected chi connectivity index (χ4v) is 5.40. The number of benzene rings is 2. The van der Waals surface area contributed by atoms with E-state index in [1.165, 1.54) is 28.2 Å². The Morgan fingerprint density at radius 3 is 2.48 bits per heavy atom. The molecule has 2 aromatic rings. The zero-order valence-electron chi connectivity index (χ0n) is 15.8. The molecule has 154 valence electrons. The summed E-state index contributed by atoms with van der Waals surface area (Å²) < 4.78 is 27.2. The van der Waals surface area contributed by atoms with Crippen LogP contribution in [-0.2, 0) is 14.8 Å². The van der Waals surface area contributed by atoms with Crippen LogP contribution in [0.3, 0.4) is 0 Å². The van der Waals surface area contributed by atoms with Crippen molar-refractivity contribution in [2.24, 2.45) is 5.73 Å². The highest BCUT2D eigenvalue weighted by Crippen LogP contribution is 2.27. The Balaban J connectivity index is 1.79. The van der Waals surface area contributed by atoms with Gasteiger partial charge in [-0.1, -0.05) is 24.6 Å². The Kier molecular flexibility index (Phi) is 6.94. The summed E-state index contributed by atoms with van der Waals surface area (Å²) in [5.41, 5.74) is 5.98. The van der Waals surface area contributed by atoms with Crippen molar-refractivity contribution in [3.8, 4) is 0 Å². The van der Waals surface area contributed by atoms with Crippen LogP contribution in [0.15, 0.2) is 58.3 Å². The highest BCUT2D eigenvalue weighted by molar-refractivity contribution is 8.00. The summed E-state index contributed by atoms with van der Waals surface area (Å²) >= 11 is 1.23. The lowest BCUT2D eigenvalue weighted by Crippen LogP contribution is -2.35. The minimum atomic E-state index is -3.62. The predicted molar refractivity (Wildman–Crippen MR) is 113 cm³/mol. The van der Waals surface area contributed by atoms with Crippen LogP contribution in [0.1, 0.15) is 29.6 Å². The van der Waals surface area contributed by atoms with E-state index in [0.29, 0.717) is 23.7 Å². The van der Waals surface area contributed by atoms with Crippen LogP contribution >= 0.6 is 11.8 Å². The first-order valence-corrected chi connectivity index (χ1v) is 11.7. The fourth-order valence-electron chi connectivity index (χ4n) is 3.09. The normalized spacial score (nSPS) is 15.0. The molecule has 2 amide bonds. The van der Waals surface area contributed by atoms with Gasteiger partial charge in [0.05, 0.1) is 16.3 Å². The molecule has 3 N–H and O–H groups in total. The molecule has 9 heteroatoms. The number of hydrogen-bond donors (Lipinski definition) is 2. The van der Waals surface area contributed by atoms with Crippen molar-refractivity contribution in [1.82, 2.24) is 4.31 Å². The van der Waals surface area contributed by atoms with Crippen LogP contribution in [0.5, 0.6) is 0 Å². The van der Waals surface area contributed by atoms with Crippen molar-refractivity contribution >= 4 is 39.3 Å². The molecule has 1 saturated heterocycles. The van der Waals surface area contributed by atoms with Gasteiger partial charge < -0.3 is 11.1 Å². The van der Waals surface area contributed by atoms with E-state index in [-0.39, 0.29) is 16.2 Å². The summed E-state index contributed by atoms with van der Waals surface area (Å²) in [6, 6.07) is 13.1. The molecule has 7 nitrogen and oxygen atoms in total. The highest BCUT2D eigenvalue weighted by Gasteiger charge is 2.26. The van der Waals surface area contributed by atoms with Crippen molar-refractivity contribution in [3.05, 3.63) is 54.1 Å². The minimum Gasteiger partial charge on any atom is -0.369 e. The minimum absolute atomic E-state index is 0.0937. The van der Waals surface area contributed by atoms with Crippen LogP contribution in [-0.4, -0.2) is 43.4 Å². The number of thioether (sulfide) groups is 1. The first-order valence-electron chi connectivity index (χ1n) is 9.29. The number of sulfonamides is 1. The monoisotopic (exact) mass is 433 g/mol. The lowest BCUT2D eigenvalue weighted by Gasteiger charge is -2.26. The third-order valence-corrected chi connectivity index (χ3v) is 7.54. The van der Waals surface area contributed by atoms with Crippen LogP contribution < -0.4 is 11.1 Å². The number of primary amides is 1. The molecule has 0 aliphatic carbocycles. The van der Waals surface area contributed by atoms with Gasteiger partial charge >= 0.3 is 0 Å². The van der Waals surface area contributed by atoms with Crippen molar-refractivity contribution in [3.63, 3.8) is 0 Å². The number of hydrogen-bond acceptors (Lipinski definition) is 5. The Hall–Kier alpha value is -2.36. The molecular weight excluding hydrogens is 410 g/mol. The molecule has 0 radical (unpaired) electrons. The van der Waals surface area contributed by atoms with Gasteiger partial charge in [0.25, 0.3) is 5.91 Å². The largest absolute Gasteiger partial charge is 0.369 e. The quantitative estimate of drug-likeness (QED) is 0.653. The highest BCUT2D eigenvalue weighted by atomic mass is 32.2. The number of carbonyl (C=O) groups is 2. The van der Waals surface area contributed by atoms with E-state index >= 15 is 0 Å². The molecule has 0 spiro atoms. The second-order valence-corrected chi connectivity index (χ2v) is 9.65. The molecule has 0 aromatic heterocycles. The lowest BCUT2D eigenvalue weighted by molar-refractivity contribution is -0.115. The zero-order chi connectivity index (χ0) is 20.9. The summed E-state index contributed by atoms with van der Waals surface area (Å²) in [5.74, 6) is -0.782. The number of piperidine rings is 1. The number of nitrogens with one attached hydrogen (secondary N) is 1. The average molecular weight is 434 g/mol. The van der Waals surface area contributed by atoms with Crippen molar-refractivity contribution in [2.45, 2.75) is 29.1 Å². The lowest BCUT2D eigenvalue weighted by atomic mass is 10.2. The van der Waals surface area contributed by atoms with Gasteiger partial charge in [-0.3, -0.25) is 9.59 Å². The molecule has 1 heterocycles. The standard InChI is InChI=1S/C20H23N3O4S2/c21-19(24)14-28-18-10-3-2-9-17(18)22-20(25)15-7-6-8-16(13-15)29(26,27)23-11-4-1-5-12-23/h2-3,6-10,13H,1,4-5,11-12,14H2,(H2,21,24)(H,22,25). The summed E-state index contributed by atoms with van der Waals surface area (Å²) in [7, 11) is -3.62.